The summed E-state index contributed by atoms with van der Waals surface area (Å²) < 4.78 is 10.2. The fraction of sp³-hybridized carbons (Fsp3) is 0.469. The van der Waals surface area contributed by atoms with Crippen molar-refractivity contribution in [3.05, 3.63) is 59.5 Å². The smallest absolute Gasteiger partial charge is 0.359 e. The summed E-state index contributed by atoms with van der Waals surface area (Å²) >= 11 is 0. The maximum atomic E-state index is 12.1. The third-order valence-corrected chi connectivity index (χ3v) is 6.50. The predicted octanol–water partition coefficient (Wildman–Crippen LogP) is 3.87. The van der Waals surface area contributed by atoms with Crippen LogP contribution in [0.15, 0.2) is 42.7 Å². The van der Waals surface area contributed by atoms with Gasteiger partial charge >= 0.3 is 17.9 Å². The van der Waals surface area contributed by atoms with Crippen LogP contribution in [-0.4, -0.2) is 75.6 Å². The number of pyridine rings is 1. The fourth-order valence-electron chi connectivity index (χ4n) is 4.35. The van der Waals surface area contributed by atoms with Gasteiger partial charge in [0, 0.05) is 42.8 Å². The summed E-state index contributed by atoms with van der Waals surface area (Å²) in [5.41, 5.74) is 14.7. The Balaban J connectivity index is 0.000000317. The van der Waals surface area contributed by atoms with Crippen LogP contribution in [0.5, 0.6) is 0 Å². The number of carbonyl (C=O) groups excluding carboxylic acids is 3. The number of hydrogen-bond acceptors (Lipinski definition) is 9. The van der Waals surface area contributed by atoms with Gasteiger partial charge < -0.3 is 35.9 Å². The summed E-state index contributed by atoms with van der Waals surface area (Å²) in [5, 5.41) is 9.90. The number of benzene rings is 1. The molecule has 0 aliphatic carbocycles. The quantitative estimate of drug-likeness (QED) is 0.206. The SMILES string of the molecule is CCOC(=O)C[C@H](N)CCc1c[nH]c2ccccc12.CN(CC(=O)O)C(=O)CCCc1ccnc(C(=O)OC(C)(C)C)c1N. The molecule has 12 nitrogen and oxygen atoms in total. The minimum atomic E-state index is -1.06. The van der Waals surface area contributed by atoms with Crippen LogP contribution < -0.4 is 11.5 Å². The number of esters is 2. The number of anilines is 1. The number of carboxylic acids is 1. The van der Waals surface area contributed by atoms with Crippen LogP contribution in [0.3, 0.4) is 0 Å². The second-order valence-corrected chi connectivity index (χ2v) is 11.4. The first-order valence-corrected chi connectivity index (χ1v) is 14.6. The molecule has 3 aromatic rings. The Hall–Kier alpha value is -4.45. The summed E-state index contributed by atoms with van der Waals surface area (Å²) in [5.74, 6) is -2.13. The van der Waals surface area contributed by atoms with E-state index in [4.69, 9.17) is 26.0 Å². The van der Waals surface area contributed by atoms with Crippen molar-refractivity contribution < 1.29 is 33.8 Å². The van der Waals surface area contributed by atoms with Crippen LogP contribution in [0, 0.1) is 0 Å². The molecular weight excluding hydrogens is 566 g/mol. The van der Waals surface area contributed by atoms with E-state index < -0.39 is 17.5 Å². The zero-order valence-corrected chi connectivity index (χ0v) is 26.2. The van der Waals surface area contributed by atoms with E-state index in [0.29, 0.717) is 25.0 Å². The van der Waals surface area contributed by atoms with Crippen LogP contribution in [0.2, 0.25) is 0 Å². The van der Waals surface area contributed by atoms with Gasteiger partial charge in [-0.15, -0.1) is 0 Å². The van der Waals surface area contributed by atoms with Gasteiger partial charge in [0.05, 0.1) is 18.7 Å². The molecule has 12 heteroatoms. The first kappa shape index (κ1) is 35.7. The molecule has 0 aliphatic heterocycles. The molecule has 2 aromatic heterocycles. The Labute approximate surface area is 258 Å². The summed E-state index contributed by atoms with van der Waals surface area (Å²) in [7, 11) is 1.44. The summed E-state index contributed by atoms with van der Waals surface area (Å²) in [6.07, 6.45) is 6.56. The summed E-state index contributed by atoms with van der Waals surface area (Å²) in [4.78, 5) is 54.3. The minimum absolute atomic E-state index is 0.0572. The number of H-pyrrole nitrogens is 1. The van der Waals surface area contributed by atoms with Crippen molar-refractivity contribution in [2.75, 3.05) is 25.9 Å². The maximum Gasteiger partial charge on any atom is 0.359 e. The van der Waals surface area contributed by atoms with Crippen molar-refractivity contribution in [2.24, 2.45) is 5.73 Å². The van der Waals surface area contributed by atoms with Gasteiger partial charge in [-0.05, 0) is 76.6 Å². The number of likely N-dealkylation sites (N-methyl/N-ethyl adjacent to an activating group) is 1. The summed E-state index contributed by atoms with van der Waals surface area (Å²) in [6, 6.07) is 9.73. The number of rotatable bonds is 13. The lowest BCUT2D eigenvalue weighted by atomic mass is 10.0. The monoisotopic (exact) mass is 611 g/mol. The molecule has 3 rings (SSSR count). The number of aryl methyl sites for hydroxylation is 2. The first-order valence-electron chi connectivity index (χ1n) is 14.6. The number of nitrogens with two attached hydrogens (primary N) is 2. The normalized spacial score (nSPS) is 11.7. The molecule has 0 bridgehead atoms. The van der Waals surface area contributed by atoms with Gasteiger partial charge in [0.25, 0.3) is 0 Å². The number of aromatic amines is 1. The maximum absolute atomic E-state index is 12.1. The lowest BCUT2D eigenvalue weighted by Crippen LogP contribution is -2.31. The first-order chi connectivity index (χ1) is 20.7. The van der Waals surface area contributed by atoms with Gasteiger partial charge in [0.2, 0.25) is 5.91 Å². The van der Waals surface area contributed by atoms with Gasteiger partial charge in [0.1, 0.15) is 12.1 Å². The van der Waals surface area contributed by atoms with Gasteiger partial charge in [-0.1, -0.05) is 18.2 Å². The van der Waals surface area contributed by atoms with Crippen molar-refractivity contribution in [1.82, 2.24) is 14.9 Å². The highest BCUT2D eigenvalue weighted by molar-refractivity contribution is 5.93. The fourth-order valence-corrected chi connectivity index (χ4v) is 4.35. The largest absolute Gasteiger partial charge is 0.480 e. The standard InChI is InChI=1S/C17H25N3O5.C15H20N2O2/c1-17(2,3)25-16(24)15-14(18)11(8-9-19-15)6-5-7-12(21)20(4)10-13(22)23;1-2-19-15(18)9-12(16)8-7-11-10-17-14-6-4-3-5-13(11)14/h8-9H,5-7,10,18H2,1-4H3,(H,22,23);3-6,10,12,17H,2,7-9,16H2,1H3/t;12-/m.1/s1. The van der Waals surface area contributed by atoms with Crippen molar-refractivity contribution >= 4 is 40.4 Å². The number of ether oxygens (including phenoxy) is 2. The van der Waals surface area contributed by atoms with Gasteiger partial charge in [-0.3, -0.25) is 14.4 Å². The molecule has 0 spiro atoms. The lowest BCUT2D eigenvalue weighted by Gasteiger charge is -2.20. The van der Waals surface area contributed by atoms with Gasteiger partial charge in [0.15, 0.2) is 5.69 Å². The predicted molar refractivity (Wildman–Crippen MR) is 168 cm³/mol. The van der Waals surface area contributed by atoms with E-state index in [1.54, 1.807) is 33.8 Å². The van der Waals surface area contributed by atoms with Crippen molar-refractivity contribution in [2.45, 2.75) is 77.9 Å². The van der Waals surface area contributed by atoms with E-state index in [-0.39, 0.29) is 48.7 Å². The average molecular weight is 612 g/mol. The lowest BCUT2D eigenvalue weighted by molar-refractivity contribution is -0.143. The highest BCUT2D eigenvalue weighted by Gasteiger charge is 2.22. The van der Waals surface area contributed by atoms with Crippen molar-refractivity contribution in [1.29, 1.82) is 0 Å². The zero-order chi connectivity index (χ0) is 32.9. The molecule has 1 amide bonds. The van der Waals surface area contributed by atoms with E-state index in [0.717, 1.165) is 23.3 Å². The molecule has 0 fully saturated rings. The van der Waals surface area contributed by atoms with E-state index in [2.05, 4.69) is 22.1 Å². The molecule has 240 valence electrons. The number of carboxylic acid groups (broad SMARTS) is 1. The molecule has 6 N–H and O–H groups in total. The molecule has 0 radical (unpaired) electrons. The Morgan fingerprint density at radius 1 is 1.09 bits per heavy atom. The van der Waals surface area contributed by atoms with E-state index in [1.165, 1.54) is 24.2 Å². The molecule has 0 aliphatic rings. The number of para-hydroxylation sites is 1. The molecule has 1 aromatic carbocycles. The second kappa shape index (κ2) is 17.0. The third-order valence-electron chi connectivity index (χ3n) is 6.50. The Morgan fingerprint density at radius 2 is 1.80 bits per heavy atom. The third kappa shape index (κ3) is 12.0. The van der Waals surface area contributed by atoms with Crippen LogP contribution in [0.4, 0.5) is 5.69 Å². The molecular formula is C32H45N5O7. The van der Waals surface area contributed by atoms with Crippen molar-refractivity contribution in [3.63, 3.8) is 0 Å². The average Bonchev–Trinajstić information content (AvgIpc) is 3.35. The van der Waals surface area contributed by atoms with Gasteiger partial charge in [-0.25, -0.2) is 9.78 Å². The van der Waals surface area contributed by atoms with E-state index >= 15 is 0 Å². The molecule has 44 heavy (non-hydrogen) atoms. The van der Waals surface area contributed by atoms with Crippen LogP contribution >= 0.6 is 0 Å². The Kier molecular flexibility index (Phi) is 13.8. The number of aliphatic carboxylic acids is 1. The molecule has 1 atom stereocenters. The highest BCUT2D eigenvalue weighted by Crippen LogP contribution is 2.21. The van der Waals surface area contributed by atoms with Crippen LogP contribution in [0.1, 0.15) is 75.0 Å². The number of fused-ring (bicyclic) bond motifs is 1. The Morgan fingerprint density at radius 3 is 2.45 bits per heavy atom. The summed E-state index contributed by atoms with van der Waals surface area (Å²) in [6.45, 7) is 7.14. The molecule has 0 saturated heterocycles. The molecule has 0 unspecified atom stereocenters. The van der Waals surface area contributed by atoms with Crippen LogP contribution in [0.25, 0.3) is 10.9 Å². The number of hydrogen-bond donors (Lipinski definition) is 4. The van der Waals surface area contributed by atoms with Gasteiger partial charge in [-0.2, -0.15) is 0 Å². The number of carbonyl (C=O) groups is 4. The number of nitrogens with zero attached hydrogens (tertiary/aromatic N) is 2. The topological polar surface area (TPSA) is 191 Å². The Bertz CT molecular complexity index is 1410. The van der Waals surface area contributed by atoms with Crippen LogP contribution in [-0.2, 0) is 36.7 Å². The number of amides is 1. The van der Waals surface area contributed by atoms with E-state index in [9.17, 15) is 19.2 Å². The minimum Gasteiger partial charge on any atom is -0.480 e. The molecule has 0 saturated carbocycles. The molecule has 2 heterocycles. The number of nitrogen functional groups attached to an aromatic ring is 1. The highest BCUT2D eigenvalue weighted by atomic mass is 16.6. The second-order valence-electron chi connectivity index (χ2n) is 11.4. The zero-order valence-electron chi connectivity index (χ0n) is 26.2. The number of aromatic nitrogens is 2. The van der Waals surface area contributed by atoms with Crippen molar-refractivity contribution in [3.8, 4) is 0 Å². The number of nitrogens with one attached hydrogen (secondary N) is 1. The van der Waals surface area contributed by atoms with E-state index in [1.807, 2.05) is 18.3 Å².